The monoisotopic (exact) mass is 522 g/mol. The zero-order valence-electron chi connectivity index (χ0n) is 23.1. The predicted molar refractivity (Wildman–Crippen MR) is 157 cm³/mol. The molecule has 1 N–H and O–H groups in total. The van der Waals surface area contributed by atoms with Gasteiger partial charge >= 0.3 is 6.03 Å². The smallest absolute Gasteiger partial charge is 0.321 e. The largest absolute Gasteiger partial charge is 0.497 e. The van der Waals surface area contributed by atoms with E-state index in [-0.39, 0.29) is 12.1 Å². The molecule has 0 spiro atoms. The maximum Gasteiger partial charge on any atom is 0.321 e. The van der Waals surface area contributed by atoms with E-state index < -0.39 is 0 Å². The lowest BCUT2D eigenvalue weighted by Crippen LogP contribution is -2.69. The minimum absolute atomic E-state index is 0.0386. The van der Waals surface area contributed by atoms with Crippen LogP contribution < -0.4 is 10.1 Å². The molecule has 3 aromatic carbocycles. The van der Waals surface area contributed by atoms with Crippen LogP contribution in [0.15, 0.2) is 78.9 Å². The molecule has 6 heteroatoms. The number of nitrogens with zero attached hydrogens (tertiary/aromatic N) is 3. The second-order valence-corrected chi connectivity index (χ2v) is 10.7. The van der Waals surface area contributed by atoms with E-state index in [1.54, 1.807) is 7.11 Å². The third-order valence-corrected chi connectivity index (χ3v) is 7.78. The maximum absolute atomic E-state index is 13.3. The summed E-state index contributed by atoms with van der Waals surface area (Å²) in [7, 11) is 5.93. The van der Waals surface area contributed by atoms with Gasteiger partial charge in [-0.25, -0.2) is 4.79 Å². The quantitative estimate of drug-likeness (QED) is 0.473. The fraction of sp³-hybridized carbons (Fsp3) is 0.364. The number of ether oxygens (including phenoxy) is 1. The Morgan fingerprint density at radius 3 is 2.26 bits per heavy atom. The van der Waals surface area contributed by atoms with Gasteiger partial charge in [0, 0.05) is 54.5 Å². The molecule has 2 aliphatic rings. The fourth-order valence-corrected chi connectivity index (χ4v) is 5.83. The fourth-order valence-electron chi connectivity index (χ4n) is 5.83. The number of hydrogen-bond donors (Lipinski definition) is 1. The van der Waals surface area contributed by atoms with E-state index in [0.717, 1.165) is 55.0 Å². The molecule has 2 heterocycles. The lowest BCUT2D eigenvalue weighted by atomic mass is 9.73. The Labute approximate surface area is 232 Å². The average Bonchev–Trinajstić information content (AvgIpc) is 2.94. The van der Waals surface area contributed by atoms with E-state index in [1.807, 2.05) is 59.5 Å². The number of fused-ring (bicyclic) bond motifs is 1. The number of amides is 2. The van der Waals surface area contributed by atoms with Crippen LogP contribution in [0.5, 0.6) is 5.75 Å². The Kier molecular flexibility index (Phi) is 8.51. The van der Waals surface area contributed by atoms with E-state index in [2.05, 4.69) is 65.3 Å². The maximum atomic E-state index is 13.3. The van der Waals surface area contributed by atoms with Crippen LogP contribution >= 0.6 is 0 Å². The first kappa shape index (κ1) is 26.8. The Balaban J connectivity index is 1.33. The lowest BCUT2D eigenvalue weighted by Gasteiger charge is -2.58. The molecule has 2 amide bonds. The van der Waals surface area contributed by atoms with Crippen LogP contribution in [0.3, 0.4) is 0 Å². The third-order valence-electron chi connectivity index (χ3n) is 7.78. The predicted octanol–water partition coefficient (Wildman–Crippen LogP) is 5.12. The van der Waals surface area contributed by atoms with Crippen LogP contribution in [-0.2, 0) is 0 Å². The summed E-state index contributed by atoms with van der Waals surface area (Å²) in [6.45, 7) is 3.56. The molecule has 0 saturated carbocycles. The van der Waals surface area contributed by atoms with Crippen molar-refractivity contribution in [2.24, 2.45) is 0 Å². The van der Waals surface area contributed by atoms with E-state index in [0.29, 0.717) is 18.5 Å². The van der Waals surface area contributed by atoms with Crippen LogP contribution in [-0.4, -0.2) is 80.2 Å². The summed E-state index contributed by atoms with van der Waals surface area (Å²) in [5.41, 5.74) is 4.14. The normalized spacial score (nSPS) is 21.0. The zero-order chi connectivity index (χ0) is 27.2. The Morgan fingerprint density at radius 2 is 1.59 bits per heavy atom. The van der Waals surface area contributed by atoms with Gasteiger partial charge in [-0.3, -0.25) is 4.90 Å². The lowest BCUT2D eigenvalue weighted by molar-refractivity contribution is -0.0447. The van der Waals surface area contributed by atoms with Crippen molar-refractivity contribution in [3.05, 3.63) is 95.6 Å². The number of nitrogens with one attached hydrogen (secondary N) is 1. The average molecular weight is 523 g/mol. The number of methoxy groups -OCH3 is 1. The summed E-state index contributed by atoms with van der Waals surface area (Å²) in [5, 5.41) is 3.09. The molecule has 3 aromatic rings. The first-order chi connectivity index (χ1) is 19.0. The van der Waals surface area contributed by atoms with Crippen molar-refractivity contribution in [1.82, 2.24) is 14.7 Å². The van der Waals surface area contributed by atoms with Gasteiger partial charge in [-0.05, 0) is 87.6 Å². The van der Waals surface area contributed by atoms with Crippen LogP contribution in [0.2, 0.25) is 0 Å². The zero-order valence-corrected chi connectivity index (χ0v) is 23.1. The molecule has 6 nitrogen and oxygen atoms in total. The van der Waals surface area contributed by atoms with Crippen LogP contribution in [0.4, 0.5) is 10.5 Å². The number of hydrogen-bond acceptors (Lipinski definition) is 4. The van der Waals surface area contributed by atoms with Gasteiger partial charge in [0.25, 0.3) is 0 Å². The van der Waals surface area contributed by atoms with Gasteiger partial charge in [0.15, 0.2) is 0 Å². The molecule has 1 unspecified atom stereocenters. The Hall–Kier alpha value is -3.79. The summed E-state index contributed by atoms with van der Waals surface area (Å²) in [5.74, 6) is 7.68. The molecular formula is C33H38N4O2. The number of carbonyl (C=O) groups excluding carboxylic acids is 1. The van der Waals surface area contributed by atoms with E-state index in [9.17, 15) is 4.79 Å². The Bertz CT molecular complexity index is 1300. The standard InChI is InChI=1S/C33H38N4O2/c1-35(2)23-30-32(27-15-13-26(14-16-27)12-11-25-9-5-4-6-10-25)31-24-36(21-7-8-22-37(30)31)33(38)34-28-17-19-29(39-3)20-18-28/h4-6,9-10,13-20,30-32H,7-8,21-24H2,1-3H3,(H,34,38)/t30-,31-,32?/m0/s1. The molecule has 3 atom stereocenters. The Morgan fingerprint density at radius 1 is 0.923 bits per heavy atom. The van der Waals surface area contributed by atoms with Gasteiger partial charge in [-0.15, -0.1) is 0 Å². The SMILES string of the molecule is COc1ccc(NC(=O)N2CCCCN3[C@@H](CN(C)C)C(c4ccc(C#Cc5ccccc5)cc4)[C@@H]3C2)cc1. The third kappa shape index (κ3) is 6.44. The van der Waals surface area contributed by atoms with Gasteiger partial charge < -0.3 is 19.9 Å². The van der Waals surface area contributed by atoms with Gasteiger partial charge in [-0.1, -0.05) is 42.2 Å². The number of likely N-dealkylation sites (N-methyl/N-ethyl adjacent to an activating group) is 1. The summed E-state index contributed by atoms with van der Waals surface area (Å²) in [6, 6.07) is 27.0. The van der Waals surface area contributed by atoms with Crippen LogP contribution in [0.25, 0.3) is 0 Å². The van der Waals surface area contributed by atoms with Crippen molar-refractivity contribution in [2.45, 2.75) is 30.8 Å². The highest BCUT2D eigenvalue weighted by molar-refractivity contribution is 5.89. The molecule has 0 radical (unpaired) electrons. The second kappa shape index (κ2) is 12.4. The first-order valence-corrected chi connectivity index (χ1v) is 13.8. The summed E-state index contributed by atoms with van der Waals surface area (Å²) < 4.78 is 5.25. The van der Waals surface area contributed by atoms with Gasteiger partial charge in [0.05, 0.1) is 7.11 Å². The van der Waals surface area contributed by atoms with E-state index in [4.69, 9.17) is 4.74 Å². The van der Waals surface area contributed by atoms with Gasteiger partial charge in [0.2, 0.25) is 0 Å². The van der Waals surface area contributed by atoms with Gasteiger partial charge in [0.1, 0.15) is 5.75 Å². The minimum Gasteiger partial charge on any atom is -0.497 e. The van der Waals surface area contributed by atoms with Gasteiger partial charge in [-0.2, -0.15) is 0 Å². The highest BCUT2D eigenvalue weighted by Crippen LogP contribution is 2.42. The molecular weight excluding hydrogens is 484 g/mol. The molecule has 39 heavy (non-hydrogen) atoms. The number of rotatable bonds is 5. The molecule has 2 aliphatic heterocycles. The van der Waals surface area contributed by atoms with Crippen molar-refractivity contribution >= 4 is 11.7 Å². The van der Waals surface area contributed by atoms with Crippen LogP contribution in [0.1, 0.15) is 35.4 Å². The number of urea groups is 1. The van der Waals surface area contributed by atoms with E-state index in [1.165, 1.54) is 5.56 Å². The number of benzene rings is 3. The summed E-state index contributed by atoms with van der Waals surface area (Å²) in [4.78, 5) is 20.2. The molecule has 2 saturated heterocycles. The highest BCUT2D eigenvalue weighted by atomic mass is 16.5. The molecule has 202 valence electrons. The number of carbonyl (C=O) groups is 1. The number of anilines is 1. The molecule has 0 aliphatic carbocycles. The van der Waals surface area contributed by atoms with Crippen molar-refractivity contribution in [1.29, 1.82) is 0 Å². The highest BCUT2D eigenvalue weighted by Gasteiger charge is 2.49. The molecule has 5 rings (SSSR count). The van der Waals surface area contributed by atoms with Crippen molar-refractivity contribution in [3.8, 4) is 17.6 Å². The second-order valence-electron chi connectivity index (χ2n) is 10.7. The molecule has 0 aromatic heterocycles. The van der Waals surface area contributed by atoms with Crippen LogP contribution in [0, 0.1) is 11.8 Å². The molecule has 0 bridgehead atoms. The minimum atomic E-state index is -0.0386. The summed E-state index contributed by atoms with van der Waals surface area (Å²) in [6.07, 6.45) is 2.10. The summed E-state index contributed by atoms with van der Waals surface area (Å²) >= 11 is 0. The van der Waals surface area contributed by atoms with E-state index >= 15 is 0 Å². The van der Waals surface area contributed by atoms with Crippen molar-refractivity contribution in [3.63, 3.8) is 0 Å². The van der Waals surface area contributed by atoms with Crippen molar-refractivity contribution in [2.75, 3.05) is 52.7 Å². The first-order valence-electron chi connectivity index (χ1n) is 13.8. The topological polar surface area (TPSA) is 48.1 Å². The van der Waals surface area contributed by atoms with Crippen molar-refractivity contribution < 1.29 is 9.53 Å². The molecule has 2 fully saturated rings.